The first-order valence-corrected chi connectivity index (χ1v) is 6.35. The average molecular weight is 274 g/mol. The van der Waals surface area contributed by atoms with Crippen molar-refractivity contribution < 1.29 is 14.3 Å². The van der Waals surface area contributed by atoms with E-state index in [4.69, 9.17) is 9.47 Å². The van der Waals surface area contributed by atoms with Gasteiger partial charge in [0, 0.05) is 19.7 Å². The Morgan fingerprint density at radius 2 is 2.00 bits per heavy atom. The molecule has 0 aliphatic heterocycles. The minimum absolute atomic E-state index is 0.00412. The zero-order valence-electron chi connectivity index (χ0n) is 11.9. The number of carbonyl (C=O) groups is 1. The number of Topliss-reactive ketones (excluding diaryl/α,β-unsaturated/α-hetero) is 1. The number of methoxy groups -OCH3 is 2. The van der Waals surface area contributed by atoms with Gasteiger partial charge in [-0.25, -0.2) is 4.68 Å². The number of rotatable bonds is 6. The molecule has 1 aromatic heterocycles. The predicted molar refractivity (Wildman–Crippen MR) is 75.0 cm³/mol. The molecule has 5 heteroatoms. The van der Waals surface area contributed by atoms with Crippen molar-refractivity contribution in [2.24, 2.45) is 0 Å². The second-order valence-electron chi connectivity index (χ2n) is 4.51. The summed E-state index contributed by atoms with van der Waals surface area (Å²) >= 11 is 0. The molecule has 0 aliphatic carbocycles. The molecule has 0 saturated carbocycles. The van der Waals surface area contributed by atoms with Crippen LogP contribution in [0, 0.1) is 0 Å². The fraction of sp³-hybridized carbons (Fsp3) is 0.333. The van der Waals surface area contributed by atoms with Gasteiger partial charge in [-0.15, -0.1) is 0 Å². The third-order valence-corrected chi connectivity index (χ3v) is 3.14. The van der Waals surface area contributed by atoms with E-state index >= 15 is 0 Å². The maximum absolute atomic E-state index is 11.3. The van der Waals surface area contributed by atoms with E-state index in [0.29, 0.717) is 12.0 Å². The van der Waals surface area contributed by atoms with Crippen molar-refractivity contribution >= 4 is 5.78 Å². The zero-order valence-corrected chi connectivity index (χ0v) is 11.9. The van der Waals surface area contributed by atoms with Gasteiger partial charge in [0.05, 0.1) is 18.9 Å². The molecule has 2 rings (SSSR count). The highest BCUT2D eigenvalue weighted by atomic mass is 16.5. The third kappa shape index (κ3) is 3.24. The molecule has 0 spiro atoms. The van der Waals surface area contributed by atoms with E-state index in [0.717, 1.165) is 11.3 Å². The maximum atomic E-state index is 11.3. The zero-order chi connectivity index (χ0) is 14.5. The molecular formula is C15H18N2O3. The standard InChI is InChI=1S/C15H18N2O3/c1-11(18)13-9-16-17(10-13)15(20-3)8-12-4-6-14(19-2)7-5-12/h4-7,9-10,15H,8H2,1-3H3. The van der Waals surface area contributed by atoms with E-state index in [-0.39, 0.29) is 12.0 Å². The van der Waals surface area contributed by atoms with Crippen LogP contribution in [0.25, 0.3) is 0 Å². The molecule has 1 heterocycles. The summed E-state index contributed by atoms with van der Waals surface area (Å²) in [4.78, 5) is 11.3. The van der Waals surface area contributed by atoms with E-state index in [1.807, 2.05) is 24.3 Å². The Bertz CT molecular complexity index is 575. The highest BCUT2D eigenvalue weighted by Gasteiger charge is 2.13. The summed E-state index contributed by atoms with van der Waals surface area (Å²) in [7, 11) is 3.27. The van der Waals surface area contributed by atoms with Crippen LogP contribution in [0.4, 0.5) is 0 Å². The first-order valence-electron chi connectivity index (χ1n) is 6.35. The SMILES string of the molecule is COc1ccc(CC(OC)n2cc(C(C)=O)cn2)cc1. The second-order valence-corrected chi connectivity index (χ2v) is 4.51. The van der Waals surface area contributed by atoms with Crippen molar-refractivity contribution in [3.8, 4) is 5.75 Å². The number of nitrogens with zero attached hydrogens (tertiary/aromatic N) is 2. The lowest BCUT2D eigenvalue weighted by atomic mass is 10.1. The van der Waals surface area contributed by atoms with Crippen LogP contribution in [0.1, 0.15) is 29.1 Å². The number of benzene rings is 1. The number of hydrogen-bond donors (Lipinski definition) is 0. The molecule has 1 unspecified atom stereocenters. The van der Waals surface area contributed by atoms with Crippen LogP contribution < -0.4 is 4.74 Å². The van der Waals surface area contributed by atoms with Gasteiger partial charge in [-0.3, -0.25) is 4.79 Å². The number of ketones is 1. The average Bonchev–Trinajstić information content (AvgIpc) is 2.95. The largest absolute Gasteiger partial charge is 0.497 e. The van der Waals surface area contributed by atoms with Gasteiger partial charge < -0.3 is 9.47 Å². The van der Waals surface area contributed by atoms with E-state index in [2.05, 4.69) is 5.10 Å². The van der Waals surface area contributed by atoms with Crippen LogP contribution in [0.5, 0.6) is 5.75 Å². The van der Waals surface area contributed by atoms with Crippen molar-refractivity contribution in [1.29, 1.82) is 0 Å². The predicted octanol–water partition coefficient (Wildman–Crippen LogP) is 2.48. The minimum atomic E-state index is -0.239. The molecule has 0 radical (unpaired) electrons. The molecule has 1 aromatic carbocycles. The van der Waals surface area contributed by atoms with Gasteiger partial charge in [-0.2, -0.15) is 5.10 Å². The van der Waals surface area contributed by atoms with Crippen molar-refractivity contribution in [2.45, 2.75) is 19.6 Å². The lowest BCUT2D eigenvalue weighted by Crippen LogP contribution is -2.14. The van der Waals surface area contributed by atoms with Gasteiger partial charge in [0.15, 0.2) is 12.0 Å². The van der Waals surface area contributed by atoms with Gasteiger partial charge in [0.25, 0.3) is 0 Å². The molecule has 2 aromatic rings. The number of carbonyl (C=O) groups excluding carboxylic acids is 1. The summed E-state index contributed by atoms with van der Waals surface area (Å²) in [5.41, 5.74) is 1.69. The van der Waals surface area contributed by atoms with Gasteiger partial charge in [0.1, 0.15) is 5.75 Å². The Morgan fingerprint density at radius 3 is 2.50 bits per heavy atom. The van der Waals surface area contributed by atoms with Crippen molar-refractivity contribution in [2.75, 3.05) is 14.2 Å². The van der Waals surface area contributed by atoms with Crippen molar-refractivity contribution in [3.63, 3.8) is 0 Å². The minimum Gasteiger partial charge on any atom is -0.497 e. The van der Waals surface area contributed by atoms with Gasteiger partial charge in [-0.05, 0) is 24.6 Å². The Kier molecular flexibility index (Phi) is 4.53. The summed E-state index contributed by atoms with van der Waals surface area (Å²) in [6, 6.07) is 7.79. The quantitative estimate of drug-likeness (QED) is 0.759. The second kappa shape index (κ2) is 6.34. The summed E-state index contributed by atoms with van der Waals surface area (Å²) in [5, 5.41) is 4.18. The molecule has 0 fully saturated rings. The molecule has 0 saturated heterocycles. The van der Waals surface area contributed by atoms with Gasteiger partial charge in [-0.1, -0.05) is 12.1 Å². The van der Waals surface area contributed by atoms with Crippen LogP contribution in [0.2, 0.25) is 0 Å². The molecular weight excluding hydrogens is 256 g/mol. The Hall–Kier alpha value is -2.14. The van der Waals surface area contributed by atoms with Crippen LogP contribution in [-0.2, 0) is 11.2 Å². The molecule has 0 aliphatic rings. The van der Waals surface area contributed by atoms with E-state index in [9.17, 15) is 4.79 Å². The molecule has 106 valence electrons. The highest BCUT2D eigenvalue weighted by molar-refractivity contribution is 5.93. The fourth-order valence-corrected chi connectivity index (χ4v) is 1.93. The maximum Gasteiger partial charge on any atom is 0.162 e. The fourth-order valence-electron chi connectivity index (χ4n) is 1.93. The van der Waals surface area contributed by atoms with Gasteiger partial charge in [0.2, 0.25) is 0 Å². The van der Waals surface area contributed by atoms with Crippen molar-refractivity contribution in [3.05, 3.63) is 47.8 Å². The number of ether oxygens (including phenoxy) is 2. The third-order valence-electron chi connectivity index (χ3n) is 3.14. The first kappa shape index (κ1) is 14.3. The normalized spacial score (nSPS) is 12.2. The lowest BCUT2D eigenvalue weighted by molar-refractivity contribution is 0.0343. The first-order chi connectivity index (χ1) is 9.63. The Labute approximate surface area is 118 Å². The number of aromatic nitrogens is 2. The highest BCUT2D eigenvalue weighted by Crippen LogP contribution is 2.18. The summed E-state index contributed by atoms with van der Waals surface area (Å²) in [6.45, 7) is 1.52. The van der Waals surface area contributed by atoms with Crippen LogP contribution in [-0.4, -0.2) is 29.8 Å². The van der Waals surface area contributed by atoms with Gasteiger partial charge >= 0.3 is 0 Å². The molecule has 0 bridgehead atoms. The van der Waals surface area contributed by atoms with Crippen LogP contribution in [0.15, 0.2) is 36.7 Å². The monoisotopic (exact) mass is 274 g/mol. The Morgan fingerprint density at radius 1 is 1.30 bits per heavy atom. The summed E-state index contributed by atoms with van der Waals surface area (Å²) in [6.07, 6.45) is 3.69. The number of hydrogen-bond acceptors (Lipinski definition) is 4. The van der Waals surface area contributed by atoms with E-state index in [1.165, 1.54) is 6.92 Å². The summed E-state index contributed by atoms with van der Waals surface area (Å²) < 4.78 is 12.2. The molecule has 0 N–H and O–H groups in total. The molecule has 20 heavy (non-hydrogen) atoms. The molecule has 1 atom stereocenters. The van der Waals surface area contributed by atoms with Crippen LogP contribution >= 0.6 is 0 Å². The molecule has 0 amide bonds. The van der Waals surface area contributed by atoms with E-state index < -0.39 is 0 Å². The topological polar surface area (TPSA) is 53.4 Å². The van der Waals surface area contributed by atoms with Crippen LogP contribution in [0.3, 0.4) is 0 Å². The molecule has 5 nitrogen and oxygen atoms in total. The van der Waals surface area contributed by atoms with Crippen molar-refractivity contribution in [1.82, 2.24) is 9.78 Å². The smallest absolute Gasteiger partial charge is 0.162 e. The Balaban J connectivity index is 2.12. The van der Waals surface area contributed by atoms with E-state index in [1.54, 1.807) is 31.3 Å². The lowest BCUT2D eigenvalue weighted by Gasteiger charge is -2.16. The summed E-state index contributed by atoms with van der Waals surface area (Å²) in [5.74, 6) is 0.816.